The summed E-state index contributed by atoms with van der Waals surface area (Å²) in [6.07, 6.45) is 9.42. The highest BCUT2D eigenvalue weighted by atomic mass is 32.2. The van der Waals surface area contributed by atoms with Crippen LogP contribution in [0.3, 0.4) is 0 Å². The Morgan fingerprint density at radius 2 is 1.97 bits per heavy atom. The van der Waals surface area contributed by atoms with Gasteiger partial charge in [-0.2, -0.15) is 0 Å². The molecule has 1 fully saturated rings. The fourth-order valence-electron chi connectivity index (χ4n) is 4.36. The Labute approximate surface area is 181 Å². The third kappa shape index (κ3) is 4.89. The highest BCUT2D eigenvalue weighted by Crippen LogP contribution is 2.36. The smallest absolute Gasteiger partial charge is 0.247 e. The number of nitrogens with zero attached hydrogens (tertiary/aromatic N) is 1. The van der Waals surface area contributed by atoms with Crippen LogP contribution in [0.15, 0.2) is 40.8 Å². The summed E-state index contributed by atoms with van der Waals surface area (Å²) >= 11 is 1.31. The average molecular weight is 428 g/mol. The first-order chi connectivity index (χ1) is 14.6. The van der Waals surface area contributed by atoms with Crippen LogP contribution in [0.4, 0.5) is 5.69 Å². The van der Waals surface area contributed by atoms with Crippen molar-refractivity contribution in [1.82, 2.24) is 10.2 Å². The number of amides is 3. The van der Waals surface area contributed by atoms with Crippen molar-refractivity contribution in [2.75, 3.05) is 25.0 Å². The number of fused-ring (bicyclic) bond motifs is 1. The summed E-state index contributed by atoms with van der Waals surface area (Å²) in [6.45, 7) is 1.74. The normalized spacial score (nSPS) is 22.0. The van der Waals surface area contributed by atoms with Gasteiger partial charge in [0.05, 0.1) is 5.69 Å². The van der Waals surface area contributed by atoms with Gasteiger partial charge < -0.3 is 15.5 Å². The first-order valence-electron chi connectivity index (χ1n) is 10.9. The van der Waals surface area contributed by atoms with E-state index in [1.807, 2.05) is 24.3 Å². The Hall–Kier alpha value is -2.28. The van der Waals surface area contributed by atoms with Crippen LogP contribution in [0.25, 0.3) is 0 Å². The molecule has 1 saturated heterocycles. The molecule has 1 aromatic rings. The topological polar surface area (TPSA) is 78.5 Å². The van der Waals surface area contributed by atoms with E-state index in [1.165, 1.54) is 36.6 Å². The van der Waals surface area contributed by atoms with Gasteiger partial charge in [0, 0.05) is 30.4 Å². The van der Waals surface area contributed by atoms with E-state index >= 15 is 0 Å². The van der Waals surface area contributed by atoms with Crippen LogP contribution in [-0.4, -0.2) is 47.5 Å². The molecule has 30 heavy (non-hydrogen) atoms. The lowest BCUT2D eigenvalue weighted by molar-refractivity contribution is -0.137. The lowest BCUT2D eigenvalue weighted by Gasteiger charge is -2.34. The van der Waals surface area contributed by atoms with Gasteiger partial charge >= 0.3 is 0 Å². The molecule has 0 bridgehead atoms. The lowest BCUT2D eigenvalue weighted by atomic mass is 9.95. The van der Waals surface area contributed by atoms with Gasteiger partial charge in [0.15, 0.2) is 5.25 Å². The lowest BCUT2D eigenvalue weighted by Crippen LogP contribution is -2.49. The number of nitrogens with one attached hydrogen (secondary N) is 2. The van der Waals surface area contributed by atoms with E-state index in [4.69, 9.17) is 0 Å². The van der Waals surface area contributed by atoms with E-state index in [-0.39, 0.29) is 23.6 Å². The van der Waals surface area contributed by atoms with Crippen LogP contribution in [0.5, 0.6) is 0 Å². The van der Waals surface area contributed by atoms with Crippen molar-refractivity contribution in [2.24, 2.45) is 5.92 Å². The maximum absolute atomic E-state index is 12.9. The van der Waals surface area contributed by atoms with Crippen molar-refractivity contribution in [3.63, 3.8) is 0 Å². The zero-order valence-electron chi connectivity index (χ0n) is 17.2. The number of thioether (sulfide) groups is 1. The standard InChI is InChI=1S/C23H29N3O3S/c27-21(24-13-10-16-6-2-1-3-7-16)17-11-14-26(15-12-17)23(29)20-22(28)25-18-8-4-5-9-19(18)30-20/h4-6,8-9,17,20H,1-3,7,10-15H2,(H,24,27)(H,25,28)/t20-/m0/s1. The second-order valence-corrected chi connectivity index (χ2v) is 9.38. The molecule has 160 valence electrons. The van der Waals surface area contributed by atoms with Gasteiger partial charge in [-0.15, -0.1) is 11.8 Å². The number of para-hydroxylation sites is 1. The molecular weight excluding hydrogens is 398 g/mol. The summed E-state index contributed by atoms with van der Waals surface area (Å²) in [5, 5.41) is 5.15. The van der Waals surface area contributed by atoms with Gasteiger partial charge in [0.25, 0.3) is 0 Å². The molecule has 0 aromatic heterocycles. The van der Waals surface area contributed by atoms with E-state index in [0.29, 0.717) is 32.5 Å². The SMILES string of the molecule is O=C(NCCC1=CCCCC1)C1CCN(C(=O)[C@H]2Sc3ccccc3NC2=O)CC1. The largest absolute Gasteiger partial charge is 0.356 e. The Bertz CT molecular complexity index is 846. The number of benzene rings is 1. The minimum Gasteiger partial charge on any atom is -0.356 e. The molecule has 3 aliphatic rings. The van der Waals surface area contributed by atoms with E-state index in [1.54, 1.807) is 4.90 Å². The number of carbonyl (C=O) groups is 3. The summed E-state index contributed by atoms with van der Waals surface area (Å²) < 4.78 is 0. The maximum Gasteiger partial charge on any atom is 0.247 e. The predicted molar refractivity (Wildman–Crippen MR) is 118 cm³/mol. The highest BCUT2D eigenvalue weighted by Gasteiger charge is 2.37. The van der Waals surface area contributed by atoms with Crippen molar-refractivity contribution in [1.29, 1.82) is 0 Å². The fourth-order valence-corrected chi connectivity index (χ4v) is 5.44. The molecule has 2 aliphatic heterocycles. The van der Waals surface area contributed by atoms with Crippen molar-refractivity contribution in [3.05, 3.63) is 35.9 Å². The van der Waals surface area contributed by atoms with Gasteiger partial charge in [-0.3, -0.25) is 14.4 Å². The zero-order chi connectivity index (χ0) is 20.9. The molecule has 0 unspecified atom stereocenters. The third-order valence-corrected chi connectivity index (χ3v) is 7.42. The number of rotatable bonds is 5. The van der Waals surface area contributed by atoms with Gasteiger partial charge in [0.2, 0.25) is 17.7 Å². The van der Waals surface area contributed by atoms with Gasteiger partial charge in [0.1, 0.15) is 0 Å². The molecule has 7 heteroatoms. The third-order valence-electron chi connectivity index (χ3n) is 6.16. The predicted octanol–water partition coefficient (Wildman–Crippen LogP) is 3.34. The van der Waals surface area contributed by atoms with Crippen LogP contribution in [0.2, 0.25) is 0 Å². The monoisotopic (exact) mass is 427 g/mol. The molecule has 2 N–H and O–H groups in total. The minimum absolute atomic E-state index is 0.0528. The van der Waals surface area contributed by atoms with Crippen molar-refractivity contribution >= 4 is 35.2 Å². The molecule has 2 heterocycles. The van der Waals surface area contributed by atoms with Gasteiger partial charge in [-0.25, -0.2) is 0 Å². The molecular formula is C23H29N3O3S. The second kappa shape index (κ2) is 9.69. The van der Waals surface area contributed by atoms with Crippen LogP contribution in [-0.2, 0) is 14.4 Å². The molecule has 6 nitrogen and oxygen atoms in total. The van der Waals surface area contributed by atoms with Crippen LogP contribution < -0.4 is 10.6 Å². The van der Waals surface area contributed by atoms with E-state index in [0.717, 1.165) is 23.4 Å². The number of anilines is 1. The van der Waals surface area contributed by atoms with Gasteiger partial charge in [-0.1, -0.05) is 23.8 Å². The summed E-state index contributed by atoms with van der Waals surface area (Å²) in [5.74, 6) is -0.379. The number of likely N-dealkylation sites (tertiary alicyclic amines) is 1. The maximum atomic E-state index is 12.9. The van der Waals surface area contributed by atoms with Crippen LogP contribution in [0.1, 0.15) is 44.9 Å². The molecule has 3 amide bonds. The molecule has 0 saturated carbocycles. The number of carbonyl (C=O) groups excluding carboxylic acids is 3. The summed E-state index contributed by atoms with van der Waals surface area (Å²) in [5.41, 5.74) is 2.22. The molecule has 1 atom stereocenters. The quantitative estimate of drug-likeness (QED) is 0.558. The van der Waals surface area contributed by atoms with E-state index in [9.17, 15) is 14.4 Å². The van der Waals surface area contributed by atoms with Crippen molar-refractivity contribution in [3.8, 4) is 0 Å². The highest BCUT2D eigenvalue weighted by molar-refractivity contribution is 8.01. The molecule has 1 aromatic carbocycles. The number of piperidine rings is 1. The summed E-state index contributed by atoms with van der Waals surface area (Å²) in [4.78, 5) is 40.5. The van der Waals surface area contributed by atoms with Crippen LogP contribution in [0, 0.1) is 5.92 Å². The fraction of sp³-hybridized carbons (Fsp3) is 0.522. The molecule has 0 radical (unpaired) electrons. The Morgan fingerprint density at radius 3 is 2.73 bits per heavy atom. The van der Waals surface area contributed by atoms with Gasteiger partial charge in [-0.05, 0) is 57.1 Å². The molecule has 0 spiro atoms. The van der Waals surface area contributed by atoms with Crippen molar-refractivity contribution in [2.45, 2.75) is 55.1 Å². The number of hydrogen-bond acceptors (Lipinski definition) is 4. The van der Waals surface area contributed by atoms with Crippen LogP contribution >= 0.6 is 11.8 Å². The van der Waals surface area contributed by atoms with E-state index in [2.05, 4.69) is 16.7 Å². The number of allylic oxidation sites excluding steroid dienone is 1. The number of hydrogen-bond donors (Lipinski definition) is 2. The Balaban J connectivity index is 1.24. The first kappa shape index (κ1) is 21.0. The summed E-state index contributed by atoms with van der Waals surface area (Å²) in [7, 11) is 0. The zero-order valence-corrected chi connectivity index (χ0v) is 18.0. The molecule has 4 rings (SSSR count). The molecule has 1 aliphatic carbocycles. The first-order valence-corrected chi connectivity index (χ1v) is 11.8. The van der Waals surface area contributed by atoms with E-state index < -0.39 is 5.25 Å². The summed E-state index contributed by atoms with van der Waals surface area (Å²) in [6, 6.07) is 7.53. The minimum atomic E-state index is -0.756. The van der Waals surface area contributed by atoms with Crippen molar-refractivity contribution < 1.29 is 14.4 Å². The Kier molecular flexibility index (Phi) is 6.77. The Morgan fingerprint density at radius 1 is 1.17 bits per heavy atom. The average Bonchev–Trinajstić information content (AvgIpc) is 2.79. The second-order valence-electron chi connectivity index (χ2n) is 8.23.